The molecule has 0 saturated carbocycles. The molecule has 21 heavy (non-hydrogen) atoms. The number of phenols is 1. The molecule has 0 bridgehead atoms. The Kier molecular flexibility index (Phi) is 3.79. The molecule has 1 amide bonds. The van der Waals surface area contributed by atoms with Crippen LogP contribution in [0.2, 0.25) is 0 Å². The standard InChI is InChI=1S/C17H12INO2/c18-12-6-8-13(9-7-12)19-17(21)15-10-5-11-3-1-2-4-14(11)16(15)20/h1-10,20H,(H,19,21). The zero-order valence-electron chi connectivity index (χ0n) is 11.0. The Morgan fingerprint density at radius 3 is 2.43 bits per heavy atom. The molecule has 3 rings (SSSR count). The summed E-state index contributed by atoms with van der Waals surface area (Å²) >= 11 is 2.20. The number of amides is 1. The lowest BCUT2D eigenvalue weighted by Gasteiger charge is -2.09. The lowest BCUT2D eigenvalue weighted by atomic mass is 10.0. The number of hydrogen-bond acceptors (Lipinski definition) is 2. The fraction of sp³-hybridized carbons (Fsp3) is 0. The van der Waals surface area contributed by atoms with Crippen LogP contribution in [0.1, 0.15) is 10.4 Å². The molecular weight excluding hydrogens is 377 g/mol. The number of carbonyl (C=O) groups is 1. The average Bonchev–Trinajstić information content (AvgIpc) is 2.50. The van der Waals surface area contributed by atoms with Gasteiger partial charge in [-0.3, -0.25) is 4.79 Å². The van der Waals surface area contributed by atoms with Crippen LogP contribution in [0.4, 0.5) is 5.69 Å². The van der Waals surface area contributed by atoms with E-state index in [0.717, 1.165) is 8.96 Å². The van der Waals surface area contributed by atoms with Gasteiger partial charge < -0.3 is 10.4 Å². The van der Waals surface area contributed by atoms with E-state index in [9.17, 15) is 9.90 Å². The van der Waals surface area contributed by atoms with Gasteiger partial charge in [0.25, 0.3) is 5.91 Å². The maximum atomic E-state index is 12.3. The summed E-state index contributed by atoms with van der Waals surface area (Å²) in [5.41, 5.74) is 0.972. The number of aromatic hydroxyl groups is 1. The highest BCUT2D eigenvalue weighted by molar-refractivity contribution is 14.1. The van der Waals surface area contributed by atoms with Crippen LogP contribution in [0.25, 0.3) is 10.8 Å². The van der Waals surface area contributed by atoms with Crippen LogP contribution >= 0.6 is 22.6 Å². The van der Waals surface area contributed by atoms with Gasteiger partial charge in [-0.1, -0.05) is 30.3 Å². The summed E-state index contributed by atoms with van der Waals surface area (Å²) in [7, 11) is 0. The number of hydrogen-bond donors (Lipinski definition) is 2. The molecular formula is C17H12INO2. The molecule has 0 aliphatic heterocycles. The Hall–Kier alpha value is -2.08. The summed E-state index contributed by atoms with van der Waals surface area (Å²) in [6.45, 7) is 0. The van der Waals surface area contributed by atoms with Gasteiger partial charge >= 0.3 is 0 Å². The fourth-order valence-electron chi connectivity index (χ4n) is 2.17. The van der Waals surface area contributed by atoms with Crippen molar-refractivity contribution < 1.29 is 9.90 Å². The van der Waals surface area contributed by atoms with Crippen LogP contribution in [-0.4, -0.2) is 11.0 Å². The number of halogens is 1. The summed E-state index contributed by atoms with van der Waals surface area (Å²) in [4.78, 5) is 12.3. The Bertz CT molecular complexity index is 813. The van der Waals surface area contributed by atoms with E-state index in [-0.39, 0.29) is 17.2 Å². The smallest absolute Gasteiger partial charge is 0.259 e. The van der Waals surface area contributed by atoms with E-state index < -0.39 is 0 Å². The predicted octanol–water partition coefficient (Wildman–Crippen LogP) is 4.40. The maximum absolute atomic E-state index is 12.3. The van der Waals surface area contributed by atoms with E-state index in [0.29, 0.717) is 11.1 Å². The van der Waals surface area contributed by atoms with Gasteiger partial charge in [0, 0.05) is 14.6 Å². The normalized spacial score (nSPS) is 10.5. The first kappa shape index (κ1) is 13.9. The summed E-state index contributed by atoms with van der Waals surface area (Å²) < 4.78 is 1.10. The lowest BCUT2D eigenvalue weighted by molar-refractivity contribution is 0.102. The van der Waals surface area contributed by atoms with Gasteiger partial charge in [0.15, 0.2) is 0 Å². The highest BCUT2D eigenvalue weighted by atomic mass is 127. The fourth-order valence-corrected chi connectivity index (χ4v) is 2.53. The second-order valence-electron chi connectivity index (χ2n) is 4.64. The van der Waals surface area contributed by atoms with Crippen LogP contribution in [0.3, 0.4) is 0 Å². The zero-order valence-corrected chi connectivity index (χ0v) is 13.2. The van der Waals surface area contributed by atoms with Gasteiger partial charge in [-0.15, -0.1) is 0 Å². The van der Waals surface area contributed by atoms with E-state index in [4.69, 9.17) is 0 Å². The number of anilines is 1. The molecule has 104 valence electrons. The molecule has 0 saturated heterocycles. The summed E-state index contributed by atoms with van der Waals surface area (Å²) in [6.07, 6.45) is 0. The van der Waals surface area contributed by atoms with Crippen molar-refractivity contribution in [3.63, 3.8) is 0 Å². The Balaban J connectivity index is 1.94. The summed E-state index contributed by atoms with van der Waals surface area (Å²) in [6, 6.07) is 18.4. The largest absolute Gasteiger partial charge is 0.506 e. The van der Waals surface area contributed by atoms with Crippen LogP contribution < -0.4 is 5.32 Å². The van der Waals surface area contributed by atoms with E-state index in [1.165, 1.54) is 0 Å². The van der Waals surface area contributed by atoms with Gasteiger partial charge in [-0.25, -0.2) is 0 Å². The molecule has 2 N–H and O–H groups in total. The Labute approximate surface area is 135 Å². The van der Waals surface area contributed by atoms with Crippen LogP contribution in [-0.2, 0) is 0 Å². The minimum Gasteiger partial charge on any atom is -0.506 e. The minimum absolute atomic E-state index is 0.0103. The second kappa shape index (κ2) is 5.73. The van der Waals surface area contributed by atoms with Crippen molar-refractivity contribution in [1.29, 1.82) is 0 Å². The maximum Gasteiger partial charge on any atom is 0.259 e. The Morgan fingerprint density at radius 1 is 0.952 bits per heavy atom. The molecule has 0 radical (unpaired) electrons. The molecule has 0 aromatic heterocycles. The molecule has 3 aromatic carbocycles. The second-order valence-corrected chi connectivity index (χ2v) is 5.89. The van der Waals surface area contributed by atoms with Crippen molar-refractivity contribution in [1.82, 2.24) is 0 Å². The SMILES string of the molecule is O=C(Nc1ccc(I)cc1)c1ccc2ccccc2c1O. The van der Waals surface area contributed by atoms with Crippen LogP contribution in [0.5, 0.6) is 5.75 Å². The van der Waals surface area contributed by atoms with Crippen molar-refractivity contribution >= 4 is 45.0 Å². The first-order valence-electron chi connectivity index (χ1n) is 6.43. The van der Waals surface area contributed by atoms with Crippen molar-refractivity contribution in [2.24, 2.45) is 0 Å². The molecule has 0 heterocycles. The van der Waals surface area contributed by atoms with Crippen molar-refractivity contribution in [2.75, 3.05) is 5.32 Å². The van der Waals surface area contributed by atoms with E-state index in [1.54, 1.807) is 12.1 Å². The molecule has 3 nitrogen and oxygen atoms in total. The van der Waals surface area contributed by atoms with Crippen LogP contribution in [0, 0.1) is 3.57 Å². The third-order valence-electron chi connectivity index (χ3n) is 3.25. The number of rotatable bonds is 2. The molecule has 0 aliphatic carbocycles. The average molecular weight is 389 g/mol. The molecule has 0 atom stereocenters. The third kappa shape index (κ3) is 2.85. The molecule has 3 aromatic rings. The van der Waals surface area contributed by atoms with E-state index in [2.05, 4.69) is 27.9 Å². The number of carbonyl (C=O) groups excluding carboxylic acids is 1. The molecule has 0 aliphatic rings. The lowest BCUT2D eigenvalue weighted by Crippen LogP contribution is -2.12. The third-order valence-corrected chi connectivity index (χ3v) is 3.97. The number of phenolic OH excluding ortho intramolecular Hbond substituents is 1. The predicted molar refractivity (Wildman–Crippen MR) is 92.7 cm³/mol. The first-order chi connectivity index (χ1) is 10.1. The minimum atomic E-state index is -0.320. The molecule has 0 spiro atoms. The quantitative estimate of drug-likeness (QED) is 0.639. The van der Waals surface area contributed by atoms with Crippen molar-refractivity contribution in [3.8, 4) is 5.75 Å². The first-order valence-corrected chi connectivity index (χ1v) is 7.50. The van der Waals surface area contributed by atoms with Crippen molar-refractivity contribution in [3.05, 3.63) is 69.8 Å². The van der Waals surface area contributed by atoms with Gasteiger partial charge in [0.2, 0.25) is 0 Å². The van der Waals surface area contributed by atoms with E-state index >= 15 is 0 Å². The highest BCUT2D eigenvalue weighted by Crippen LogP contribution is 2.29. The van der Waals surface area contributed by atoms with Gasteiger partial charge in [0.05, 0.1) is 5.56 Å². The van der Waals surface area contributed by atoms with E-state index in [1.807, 2.05) is 48.5 Å². The van der Waals surface area contributed by atoms with Gasteiger partial charge in [0.1, 0.15) is 5.75 Å². The Morgan fingerprint density at radius 2 is 1.67 bits per heavy atom. The molecule has 0 unspecified atom stereocenters. The summed E-state index contributed by atoms with van der Waals surface area (Å²) in [5, 5.41) is 14.6. The zero-order chi connectivity index (χ0) is 14.8. The van der Waals surface area contributed by atoms with Gasteiger partial charge in [-0.05, 0) is 58.3 Å². The topological polar surface area (TPSA) is 49.3 Å². The number of nitrogens with one attached hydrogen (secondary N) is 1. The van der Waals surface area contributed by atoms with Gasteiger partial charge in [-0.2, -0.15) is 0 Å². The number of benzene rings is 3. The highest BCUT2D eigenvalue weighted by Gasteiger charge is 2.13. The molecule has 4 heteroatoms. The van der Waals surface area contributed by atoms with Crippen LogP contribution in [0.15, 0.2) is 60.7 Å². The number of fused-ring (bicyclic) bond motifs is 1. The molecule has 0 fully saturated rings. The van der Waals surface area contributed by atoms with Crippen molar-refractivity contribution in [2.45, 2.75) is 0 Å². The summed E-state index contributed by atoms with van der Waals surface area (Å²) in [5.74, 6) is -0.310. The monoisotopic (exact) mass is 389 g/mol.